The molecule has 0 atom stereocenters. The van der Waals surface area contributed by atoms with Gasteiger partial charge in [0.2, 0.25) is 5.71 Å². The number of hydrogen-bond acceptors (Lipinski definition) is 2. The lowest BCUT2D eigenvalue weighted by Crippen LogP contribution is -2.50. The minimum Gasteiger partial charge on any atom is -0.298 e. The molecule has 3 nitrogen and oxygen atoms in total. The minimum absolute atomic E-state index is 0.0607. The number of rotatable bonds is 3. The summed E-state index contributed by atoms with van der Waals surface area (Å²) in [6, 6.07) is 0. The molecule has 5 aliphatic rings. The number of carbonyl (C=O) groups is 1. The molecule has 0 amide bonds. The van der Waals surface area contributed by atoms with Gasteiger partial charge in [-0.05, 0) is 61.0 Å². The van der Waals surface area contributed by atoms with Crippen LogP contribution in [0.5, 0.6) is 0 Å². The molecule has 0 saturated heterocycles. The Hall–Kier alpha value is -0.860. The first-order valence-electron chi connectivity index (χ1n) is 7.89. The van der Waals surface area contributed by atoms with Crippen molar-refractivity contribution in [3.05, 3.63) is 0 Å². The molecule has 4 fully saturated rings. The van der Waals surface area contributed by atoms with Crippen molar-refractivity contribution >= 4 is 11.5 Å². The fourth-order valence-electron chi connectivity index (χ4n) is 5.57. The van der Waals surface area contributed by atoms with Crippen molar-refractivity contribution in [2.75, 3.05) is 13.7 Å². The molecule has 104 valence electrons. The van der Waals surface area contributed by atoms with Crippen molar-refractivity contribution in [3.63, 3.8) is 0 Å². The van der Waals surface area contributed by atoms with E-state index in [1.54, 1.807) is 0 Å². The molecule has 5 rings (SSSR count). The molecule has 0 unspecified atom stereocenters. The molecule has 3 heteroatoms. The van der Waals surface area contributed by atoms with Gasteiger partial charge >= 0.3 is 0 Å². The Labute approximate surface area is 115 Å². The Morgan fingerprint density at radius 3 is 2.26 bits per heavy atom. The topological polar surface area (TPSA) is 29.3 Å². The number of carbonyl (C=O) groups excluding carboxylic acids is 1. The standard InChI is InChI=1S/C16H24NO2/c1-17-14(2-3-19-17)7-15(18)16-8-11-4-12(9-16)6-13(5-11)10-16/h11-13H,2-10H2,1H3/q+1. The summed E-state index contributed by atoms with van der Waals surface area (Å²) in [4.78, 5) is 18.3. The van der Waals surface area contributed by atoms with Gasteiger partial charge in [-0.3, -0.25) is 9.63 Å². The van der Waals surface area contributed by atoms with E-state index in [1.165, 1.54) is 44.2 Å². The van der Waals surface area contributed by atoms with Crippen LogP contribution in [0.3, 0.4) is 0 Å². The van der Waals surface area contributed by atoms with Gasteiger partial charge in [0, 0.05) is 5.41 Å². The second kappa shape index (κ2) is 4.07. The van der Waals surface area contributed by atoms with Crippen LogP contribution in [0, 0.1) is 23.2 Å². The first-order chi connectivity index (χ1) is 9.14. The van der Waals surface area contributed by atoms with Crippen LogP contribution >= 0.6 is 0 Å². The van der Waals surface area contributed by atoms with Crippen molar-refractivity contribution in [1.82, 2.24) is 0 Å². The summed E-state index contributed by atoms with van der Waals surface area (Å²) in [5, 5.41) is 0. The van der Waals surface area contributed by atoms with Crippen LogP contribution < -0.4 is 0 Å². The van der Waals surface area contributed by atoms with Crippen LogP contribution in [0.4, 0.5) is 0 Å². The van der Waals surface area contributed by atoms with E-state index >= 15 is 0 Å². The summed E-state index contributed by atoms with van der Waals surface area (Å²) in [5.74, 6) is 3.10. The summed E-state index contributed by atoms with van der Waals surface area (Å²) in [7, 11) is 1.94. The molecule has 4 bridgehead atoms. The summed E-state index contributed by atoms with van der Waals surface area (Å²) < 4.78 is 1.83. The van der Waals surface area contributed by atoms with Gasteiger partial charge in [-0.2, -0.15) is 0 Å². The van der Waals surface area contributed by atoms with Gasteiger partial charge in [0.25, 0.3) is 0 Å². The lowest BCUT2D eigenvalue weighted by atomic mass is 9.48. The molecule has 4 saturated carbocycles. The Kier molecular flexibility index (Phi) is 2.55. The lowest BCUT2D eigenvalue weighted by Gasteiger charge is -2.55. The largest absolute Gasteiger partial charge is 0.298 e. The molecule has 19 heavy (non-hydrogen) atoms. The van der Waals surface area contributed by atoms with Crippen LogP contribution in [0.2, 0.25) is 0 Å². The number of hydroxylamine groups is 1. The van der Waals surface area contributed by atoms with E-state index in [-0.39, 0.29) is 5.41 Å². The lowest BCUT2D eigenvalue weighted by molar-refractivity contribution is -0.758. The van der Waals surface area contributed by atoms with E-state index in [9.17, 15) is 4.79 Å². The summed E-state index contributed by atoms with van der Waals surface area (Å²) in [6.45, 7) is 0.750. The predicted molar refractivity (Wildman–Crippen MR) is 72.0 cm³/mol. The quantitative estimate of drug-likeness (QED) is 0.732. The van der Waals surface area contributed by atoms with Gasteiger partial charge < -0.3 is 0 Å². The highest BCUT2D eigenvalue weighted by Crippen LogP contribution is 2.60. The van der Waals surface area contributed by atoms with Crippen LogP contribution in [-0.2, 0) is 9.63 Å². The van der Waals surface area contributed by atoms with Crippen molar-refractivity contribution in [1.29, 1.82) is 0 Å². The van der Waals surface area contributed by atoms with Gasteiger partial charge in [0.1, 0.15) is 5.78 Å². The van der Waals surface area contributed by atoms with Crippen molar-refractivity contribution < 1.29 is 14.4 Å². The Morgan fingerprint density at radius 2 is 1.79 bits per heavy atom. The number of ketones is 1. The third-order valence-electron chi connectivity index (χ3n) is 6.12. The third-order valence-corrected chi connectivity index (χ3v) is 6.12. The van der Waals surface area contributed by atoms with Crippen LogP contribution in [0.25, 0.3) is 0 Å². The molecular weight excluding hydrogens is 238 g/mol. The first-order valence-corrected chi connectivity index (χ1v) is 7.89. The van der Waals surface area contributed by atoms with Gasteiger partial charge in [-0.25, -0.2) is 0 Å². The maximum atomic E-state index is 12.9. The molecule has 0 spiro atoms. The molecule has 4 aliphatic carbocycles. The predicted octanol–water partition coefficient (Wildman–Crippen LogP) is 2.58. The van der Waals surface area contributed by atoms with Crippen molar-refractivity contribution in [2.45, 2.75) is 51.4 Å². The van der Waals surface area contributed by atoms with Crippen LogP contribution in [0.1, 0.15) is 51.4 Å². The second-order valence-electron chi connectivity index (χ2n) is 7.44. The maximum Gasteiger partial charge on any atom is 0.215 e. The number of hydrogen-bond donors (Lipinski definition) is 0. The average Bonchev–Trinajstić information content (AvgIpc) is 2.73. The van der Waals surface area contributed by atoms with E-state index in [0.717, 1.165) is 30.8 Å². The summed E-state index contributed by atoms with van der Waals surface area (Å²) in [6.07, 6.45) is 9.38. The molecule has 0 radical (unpaired) electrons. The molecule has 0 aromatic rings. The van der Waals surface area contributed by atoms with Crippen LogP contribution in [0.15, 0.2) is 0 Å². The fourth-order valence-corrected chi connectivity index (χ4v) is 5.57. The highest BCUT2D eigenvalue weighted by molar-refractivity contribution is 6.02. The highest BCUT2D eigenvalue weighted by Gasteiger charge is 2.54. The zero-order valence-electron chi connectivity index (χ0n) is 11.9. The Balaban J connectivity index is 1.55. The smallest absolute Gasteiger partial charge is 0.215 e. The van der Waals surface area contributed by atoms with Crippen LogP contribution in [-0.4, -0.2) is 29.9 Å². The molecule has 1 heterocycles. The van der Waals surface area contributed by atoms with Crippen molar-refractivity contribution in [2.24, 2.45) is 23.2 Å². The van der Waals surface area contributed by atoms with E-state index in [2.05, 4.69) is 0 Å². The van der Waals surface area contributed by atoms with Gasteiger partial charge in [-0.1, -0.05) is 0 Å². The molecule has 0 N–H and O–H groups in total. The summed E-state index contributed by atoms with van der Waals surface area (Å²) >= 11 is 0. The van der Waals surface area contributed by atoms with Gasteiger partial charge in [-0.15, -0.1) is 0 Å². The molecule has 1 aliphatic heterocycles. The van der Waals surface area contributed by atoms with E-state index < -0.39 is 0 Å². The number of Topliss-reactive ketones (excluding diaryl/α,β-unsaturated/α-hetero) is 1. The Bertz CT molecular complexity index is 416. The SMILES string of the molecule is C[N+]1=C(CC(=O)C23CC4CC(CC(C4)C2)C3)CCO1. The van der Waals surface area contributed by atoms with E-state index in [1.807, 2.05) is 11.8 Å². The third kappa shape index (κ3) is 1.85. The van der Waals surface area contributed by atoms with Gasteiger partial charge in [0.05, 0.1) is 12.8 Å². The zero-order valence-corrected chi connectivity index (χ0v) is 11.9. The molecule has 0 aromatic heterocycles. The first kappa shape index (κ1) is 11.9. The van der Waals surface area contributed by atoms with E-state index in [4.69, 9.17) is 4.84 Å². The highest BCUT2D eigenvalue weighted by atomic mass is 16.7. The zero-order chi connectivity index (χ0) is 13.0. The fraction of sp³-hybridized carbons (Fsp3) is 0.875. The number of nitrogens with zero attached hydrogens (tertiary/aromatic N) is 1. The Morgan fingerprint density at radius 1 is 1.21 bits per heavy atom. The second-order valence-corrected chi connectivity index (χ2v) is 7.44. The molecular formula is C16H24NO2+. The van der Waals surface area contributed by atoms with Gasteiger partial charge in [0.15, 0.2) is 13.7 Å². The normalized spacial score (nSPS) is 43.7. The van der Waals surface area contributed by atoms with Crippen molar-refractivity contribution in [3.8, 4) is 0 Å². The van der Waals surface area contributed by atoms with E-state index in [0.29, 0.717) is 12.2 Å². The monoisotopic (exact) mass is 262 g/mol. The minimum atomic E-state index is 0.0607. The molecule has 0 aromatic carbocycles. The maximum absolute atomic E-state index is 12.9. The summed E-state index contributed by atoms with van der Waals surface area (Å²) in [5.41, 5.74) is 1.26. The average molecular weight is 262 g/mol.